The molecule has 7 heteroatoms. The summed E-state index contributed by atoms with van der Waals surface area (Å²) in [5.41, 5.74) is 0.945. The highest BCUT2D eigenvalue weighted by Gasteiger charge is 2.14. The average molecular weight is 366 g/mol. The molecule has 2 aromatic heterocycles. The van der Waals surface area contributed by atoms with Gasteiger partial charge in [-0.3, -0.25) is 9.59 Å². The van der Waals surface area contributed by atoms with Gasteiger partial charge in [0, 0.05) is 13.0 Å². The molecule has 0 radical (unpaired) electrons. The molecule has 0 aliphatic carbocycles. The zero-order valence-electron chi connectivity index (χ0n) is 14.5. The molecule has 4 rings (SSSR count). The second-order valence-electron chi connectivity index (χ2n) is 6.11. The number of hydrogen-bond donors (Lipinski definition) is 2. The monoisotopic (exact) mass is 366 g/mol. The molecule has 1 amide bonds. The molecule has 0 fully saturated rings. The molecule has 7 nitrogen and oxygen atoms in total. The number of nitrogens with one attached hydrogen (secondary N) is 2. The van der Waals surface area contributed by atoms with Crippen LogP contribution in [0, 0.1) is 0 Å². The molecule has 27 heavy (non-hydrogen) atoms. The van der Waals surface area contributed by atoms with E-state index in [1.807, 2.05) is 18.2 Å². The maximum Gasteiger partial charge on any atom is 0.261 e. The number of carbonyl (C=O) groups is 1. The van der Waals surface area contributed by atoms with E-state index in [2.05, 4.69) is 10.3 Å². The van der Waals surface area contributed by atoms with E-state index in [0.717, 1.165) is 12.0 Å². The zero-order chi connectivity index (χ0) is 18.6. The van der Waals surface area contributed by atoms with E-state index < -0.39 is 11.5 Å². The van der Waals surface area contributed by atoms with Gasteiger partial charge in [-0.2, -0.15) is 0 Å². The number of aromatic amines is 1. The summed E-state index contributed by atoms with van der Waals surface area (Å²) >= 11 is 0. The van der Waals surface area contributed by atoms with Gasteiger partial charge in [-0.25, -0.2) is 0 Å². The highest BCUT2D eigenvalue weighted by Crippen LogP contribution is 2.30. The number of aromatic nitrogens is 1. The standard InChI is InChI=1S/C20H18N2O5/c23-19(14-5-6-15(22-20(14)24)16-3-1-8-25-16)21-12-13-4-7-17-18(11-13)27-10-2-9-26-17/h1,3-8,11H,2,9-10,12H2,(H,21,23)(H,22,24). The molecule has 1 aromatic carbocycles. The highest BCUT2D eigenvalue weighted by molar-refractivity contribution is 5.94. The number of rotatable bonds is 4. The van der Waals surface area contributed by atoms with Crippen LogP contribution in [0.2, 0.25) is 0 Å². The fourth-order valence-electron chi connectivity index (χ4n) is 2.82. The summed E-state index contributed by atoms with van der Waals surface area (Å²) in [5, 5.41) is 2.75. The molecule has 1 aliphatic heterocycles. The number of furan rings is 1. The number of pyridine rings is 1. The summed E-state index contributed by atoms with van der Waals surface area (Å²) in [6.07, 6.45) is 2.35. The van der Waals surface area contributed by atoms with Crippen molar-refractivity contribution in [2.45, 2.75) is 13.0 Å². The van der Waals surface area contributed by atoms with Gasteiger partial charge in [0.25, 0.3) is 11.5 Å². The Bertz CT molecular complexity index is 1010. The molecule has 138 valence electrons. The van der Waals surface area contributed by atoms with Crippen LogP contribution >= 0.6 is 0 Å². The number of benzene rings is 1. The number of carbonyl (C=O) groups excluding carboxylic acids is 1. The third-order valence-electron chi connectivity index (χ3n) is 4.21. The number of fused-ring (bicyclic) bond motifs is 1. The molecule has 0 saturated heterocycles. The van der Waals surface area contributed by atoms with Crippen molar-refractivity contribution in [3.8, 4) is 23.0 Å². The predicted molar refractivity (Wildman–Crippen MR) is 98.0 cm³/mol. The van der Waals surface area contributed by atoms with Crippen LogP contribution in [0.15, 0.2) is 57.9 Å². The van der Waals surface area contributed by atoms with Crippen molar-refractivity contribution in [1.29, 1.82) is 0 Å². The predicted octanol–water partition coefficient (Wildman–Crippen LogP) is 2.73. The van der Waals surface area contributed by atoms with Crippen molar-refractivity contribution in [3.63, 3.8) is 0 Å². The highest BCUT2D eigenvalue weighted by atomic mass is 16.5. The summed E-state index contributed by atoms with van der Waals surface area (Å²) in [6.45, 7) is 1.49. The van der Waals surface area contributed by atoms with Crippen molar-refractivity contribution >= 4 is 5.91 Å². The van der Waals surface area contributed by atoms with E-state index >= 15 is 0 Å². The molecule has 2 N–H and O–H groups in total. The van der Waals surface area contributed by atoms with E-state index in [-0.39, 0.29) is 12.1 Å². The summed E-state index contributed by atoms with van der Waals surface area (Å²) in [4.78, 5) is 27.3. The minimum atomic E-state index is -0.472. The maximum atomic E-state index is 12.4. The molecule has 0 bridgehead atoms. The van der Waals surface area contributed by atoms with E-state index in [1.54, 1.807) is 18.2 Å². The number of amides is 1. The van der Waals surface area contributed by atoms with Crippen LogP contribution in [0.25, 0.3) is 11.5 Å². The molecule has 0 spiro atoms. The maximum absolute atomic E-state index is 12.4. The first kappa shape index (κ1) is 17.0. The minimum Gasteiger partial charge on any atom is -0.490 e. The largest absolute Gasteiger partial charge is 0.490 e. The first-order chi connectivity index (χ1) is 13.2. The van der Waals surface area contributed by atoms with Gasteiger partial charge in [0.1, 0.15) is 11.3 Å². The lowest BCUT2D eigenvalue weighted by Gasteiger charge is -2.10. The van der Waals surface area contributed by atoms with Crippen LogP contribution in [0.5, 0.6) is 11.5 Å². The first-order valence-corrected chi connectivity index (χ1v) is 8.64. The number of hydrogen-bond acceptors (Lipinski definition) is 5. The van der Waals surface area contributed by atoms with E-state index in [9.17, 15) is 9.59 Å². The normalized spacial score (nSPS) is 13.0. The summed E-state index contributed by atoms with van der Waals surface area (Å²) < 4.78 is 16.5. The fourth-order valence-corrected chi connectivity index (χ4v) is 2.82. The van der Waals surface area contributed by atoms with Gasteiger partial charge in [-0.1, -0.05) is 6.07 Å². The second kappa shape index (κ2) is 7.41. The lowest BCUT2D eigenvalue weighted by molar-refractivity contribution is 0.0949. The van der Waals surface area contributed by atoms with Gasteiger partial charge in [0.2, 0.25) is 0 Å². The van der Waals surface area contributed by atoms with Crippen LogP contribution in [-0.4, -0.2) is 24.1 Å². The Morgan fingerprint density at radius 3 is 2.70 bits per heavy atom. The molecular weight excluding hydrogens is 348 g/mol. The Morgan fingerprint density at radius 2 is 1.93 bits per heavy atom. The molecule has 3 heterocycles. The van der Waals surface area contributed by atoms with Crippen molar-refractivity contribution in [1.82, 2.24) is 10.3 Å². The molecule has 0 saturated carbocycles. The average Bonchev–Trinajstić information content (AvgIpc) is 3.12. The topological polar surface area (TPSA) is 93.6 Å². The first-order valence-electron chi connectivity index (χ1n) is 8.64. The van der Waals surface area contributed by atoms with E-state index in [4.69, 9.17) is 13.9 Å². The quantitative estimate of drug-likeness (QED) is 0.740. The summed E-state index contributed by atoms with van der Waals surface area (Å²) in [7, 11) is 0. The van der Waals surface area contributed by atoms with Gasteiger partial charge in [-0.15, -0.1) is 0 Å². The lowest BCUT2D eigenvalue weighted by atomic mass is 10.2. The van der Waals surface area contributed by atoms with E-state index in [1.165, 1.54) is 12.3 Å². The smallest absolute Gasteiger partial charge is 0.261 e. The van der Waals surface area contributed by atoms with Crippen LogP contribution in [0.1, 0.15) is 22.3 Å². The molecular formula is C20H18N2O5. The molecule has 1 aliphatic rings. The van der Waals surface area contributed by atoms with Gasteiger partial charge in [-0.05, 0) is 42.0 Å². The van der Waals surface area contributed by atoms with Crippen molar-refractivity contribution in [2.24, 2.45) is 0 Å². The Balaban J connectivity index is 1.45. The lowest BCUT2D eigenvalue weighted by Crippen LogP contribution is -2.29. The van der Waals surface area contributed by atoms with Gasteiger partial charge in [0.05, 0.1) is 25.2 Å². The Kier molecular flexibility index (Phi) is 4.65. The molecule has 3 aromatic rings. The fraction of sp³-hybridized carbons (Fsp3) is 0.200. The van der Waals surface area contributed by atoms with Gasteiger partial charge >= 0.3 is 0 Å². The SMILES string of the molecule is O=C(NCc1ccc2c(c1)OCCCO2)c1ccc(-c2ccco2)[nH]c1=O. The van der Waals surface area contributed by atoms with Crippen LogP contribution in [-0.2, 0) is 6.54 Å². The Morgan fingerprint density at radius 1 is 1.07 bits per heavy atom. The third-order valence-corrected chi connectivity index (χ3v) is 4.21. The van der Waals surface area contributed by atoms with Gasteiger partial charge in [0.15, 0.2) is 11.5 Å². The number of H-pyrrole nitrogens is 1. The Labute approximate surface area is 154 Å². The van der Waals surface area contributed by atoms with Crippen LogP contribution < -0.4 is 20.3 Å². The van der Waals surface area contributed by atoms with Crippen LogP contribution in [0.3, 0.4) is 0 Å². The van der Waals surface area contributed by atoms with Crippen LogP contribution in [0.4, 0.5) is 0 Å². The van der Waals surface area contributed by atoms with Crippen molar-refractivity contribution < 1.29 is 18.7 Å². The minimum absolute atomic E-state index is 0.0413. The molecule has 0 atom stereocenters. The van der Waals surface area contributed by atoms with E-state index in [0.29, 0.717) is 36.2 Å². The second-order valence-corrected chi connectivity index (χ2v) is 6.11. The number of ether oxygens (including phenoxy) is 2. The zero-order valence-corrected chi connectivity index (χ0v) is 14.5. The summed E-state index contributed by atoms with van der Waals surface area (Å²) in [5.74, 6) is 1.45. The van der Waals surface area contributed by atoms with Crippen molar-refractivity contribution in [3.05, 3.63) is 70.2 Å². The summed E-state index contributed by atoms with van der Waals surface area (Å²) in [6, 6.07) is 12.1. The Hall–Kier alpha value is -3.48. The van der Waals surface area contributed by atoms with Crippen molar-refractivity contribution in [2.75, 3.05) is 13.2 Å². The third kappa shape index (κ3) is 3.72. The van der Waals surface area contributed by atoms with Gasteiger partial charge < -0.3 is 24.2 Å². The molecule has 0 unspecified atom stereocenters.